The first-order valence-corrected chi connectivity index (χ1v) is 19.9. The van der Waals surface area contributed by atoms with Gasteiger partial charge in [0.15, 0.2) is 0 Å². The van der Waals surface area contributed by atoms with E-state index < -0.39 is 23.9 Å². The van der Waals surface area contributed by atoms with Crippen LogP contribution in [0, 0.1) is 0 Å². The minimum absolute atomic E-state index is 0.133. The molecule has 0 atom stereocenters. The lowest BCUT2D eigenvalue weighted by Gasteiger charge is -2.09. The Balaban J connectivity index is 1.08. The average Bonchev–Trinajstić information content (AvgIpc) is 3.26. The molecule has 12 nitrogen and oxygen atoms in total. The van der Waals surface area contributed by atoms with Crippen LogP contribution in [0.4, 0.5) is 0 Å². The largest absolute Gasteiger partial charge is 0.494 e. The zero-order chi connectivity index (χ0) is 42.1. The molecular formula is C47H52O12. The summed E-state index contributed by atoms with van der Waals surface area (Å²) in [5, 5.41) is 0. The third-order valence-corrected chi connectivity index (χ3v) is 8.82. The van der Waals surface area contributed by atoms with Gasteiger partial charge in [-0.2, -0.15) is 0 Å². The summed E-state index contributed by atoms with van der Waals surface area (Å²) in [6.07, 6.45) is 9.11. The quantitative estimate of drug-likeness (QED) is 0.0196. The van der Waals surface area contributed by atoms with E-state index in [2.05, 4.69) is 6.58 Å². The Labute approximate surface area is 345 Å². The van der Waals surface area contributed by atoms with E-state index in [9.17, 15) is 24.0 Å². The highest BCUT2D eigenvalue weighted by Crippen LogP contribution is 2.20. The number of benzene rings is 4. The van der Waals surface area contributed by atoms with Crippen molar-refractivity contribution in [3.63, 3.8) is 0 Å². The first-order chi connectivity index (χ1) is 28.7. The Hall–Kier alpha value is -6.43. The molecule has 0 radical (unpaired) electrons. The predicted molar refractivity (Wildman–Crippen MR) is 220 cm³/mol. The number of hydrogen-bond donors (Lipinski definition) is 0. The summed E-state index contributed by atoms with van der Waals surface area (Å²) in [6, 6.07) is 26.5. The van der Waals surface area contributed by atoms with Gasteiger partial charge in [0.25, 0.3) is 0 Å². The zero-order valence-corrected chi connectivity index (χ0v) is 33.5. The Bertz CT molecular complexity index is 1920. The predicted octanol–water partition coefficient (Wildman–Crippen LogP) is 9.09. The fourth-order valence-electron chi connectivity index (χ4n) is 5.45. The van der Waals surface area contributed by atoms with E-state index in [0.29, 0.717) is 73.2 Å². The van der Waals surface area contributed by atoms with E-state index >= 15 is 0 Å². The van der Waals surface area contributed by atoms with Crippen LogP contribution in [-0.4, -0.2) is 62.9 Å². The minimum atomic E-state index is -0.543. The summed E-state index contributed by atoms with van der Waals surface area (Å²) < 4.78 is 38.0. The van der Waals surface area contributed by atoms with Crippen LogP contribution in [-0.2, 0) is 30.2 Å². The molecule has 0 spiro atoms. The van der Waals surface area contributed by atoms with E-state index in [1.165, 1.54) is 24.3 Å². The number of unbranched alkanes of at least 4 members (excludes halogenated alkanes) is 6. The smallest absolute Gasteiger partial charge is 0.343 e. The number of ether oxygens (including phenoxy) is 7. The maximum Gasteiger partial charge on any atom is 0.343 e. The molecule has 0 fully saturated rings. The molecule has 0 saturated heterocycles. The van der Waals surface area contributed by atoms with Gasteiger partial charge in [-0.15, -0.1) is 0 Å². The molecule has 59 heavy (non-hydrogen) atoms. The van der Waals surface area contributed by atoms with E-state index in [1.807, 2.05) is 0 Å². The monoisotopic (exact) mass is 808 g/mol. The Morgan fingerprint density at radius 2 is 0.864 bits per heavy atom. The van der Waals surface area contributed by atoms with Crippen LogP contribution in [0.3, 0.4) is 0 Å². The Morgan fingerprint density at radius 3 is 1.32 bits per heavy atom. The second-order valence-electron chi connectivity index (χ2n) is 13.4. The fourth-order valence-corrected chi connectivity index (χ4v) is 5.45. The fraction of sp³-hybridized carbons (Fsp3) is 0.340. The second kappa shape index (κ2) is 25.7. The molecule has 0 heterocycles. The number of hydrogen-bond acceptors (Lipinski definition) is 12. The van der Waals surface area contributed by atoms with Crippen molar-refractivity contribution in [3.05, 3.63) is 132 Å². The van der Waals surface area contributed by atoms with Crippen molar-refractivity contribution in [2.24, 2.45) is 0 Å². The van der Waals surface area contributed by atoms with Crippen LogP contribution in [0.2, 0.25) is 0 Å². The Morgan fingerprint density at radius 1 is 0.458 bits per heavy atom. The lowest BCUT2D eigenvalue weighted by atomic mass is 10.1. The molecule has 312 valence electrons. The SMILES string of the molecule is C=CC(=O)OCCCCCCOc1ccc(C(=O)Oc2ccc(CCOC(=O)c3ccc(OC(=O)c4ccc(OCCCCCCOC(=O)CC)cc4)cc3)cc2)cc1. The van der Waals surface area contributed by atoms with Gasteiger partial charge in [-0.3, -0.25) is 4.79 Å². The van der Waals surface area contributed by atoms with Gasteiger partial charge in [0.2, 0.25) is 0 Å². The second-order valence-corrected chi connectivity index (χ2v) is 13.4. The lowest BCUT2D eigenvalue weighted by molar-refractivity contribution is -0.143. The standard InChI is InChI=1S/C47H52O12/c1-3-43(48)55-32-11-7-5-9-30-53-39-23-15-37(16-24-39)46(51)58-41-21-13-35(14-22-41)29-34-57-45(50)36-19-27-42(28-20-36)59-47(52)38-17-25-40(26-18-38)54-31-10-6-8-12-33-56-44(49)4-2/h3,13-28H,1,4-12,29-34H2,2H3. The van der Waals surface area contributed by atoms with Crippen LogP contribution < -0.4 is 18.9 Å². The van der Waals surface area contributed by atoms with Gasteiger partial charge in [-0.25, -0.2) is 19.2 Å². The maximum atomic E-state index is 12.7. The molecule has 0 unspecified atom stereocenters. The topological polar surface area (TPSA) is 150 Å². The van der Waals surface area contributed by atoms with Crippen molar-refractivity contribution < 1.29 is 57.1 Å². The van der Waals surface area contributed by atoms with Gasteiger partial charge in [-0.1, -0.05) is 25.6 Å². The van der Waals surface area contributed by atoms with Gasteiger partial charge >= 0.3 is 29.8 Å². The molecule has 0 aliphatic heterocycles. The summed E-state index contributed by atoms with van der Waals surface area (Å²) in [4.78, 5) is 60.2. The maximum absolute atomic E-state index is 12.7. The van der Waals surface area contributed by atoms with Crippen molar-refractivity contribution in [1.29, 1.82) is 0 Å². The van der Waals surface area contributed by atoms with Crippen LogP contribution in [0.5, 0.6) is 23.0 Å². The first-order valence-electron chi connectivity index (χ1n) is 19.9. The van der Waals surface area contributed by atoms with Crippen LogP contribution in [0.25, 0.3) is 0 Å². The van der Waals surface area contributed by atoms with Crippen LogP contribution in [0.15, 0.2) is 110 Å². The van der Waals surface area contributed by atoms with Gasteiger partial charge in [0.1, 0.15) is 23.0 Å². The first kappa shape index (κ1) is 45.3. The van der Waals surface area contributed by atoms with Gasteiger partial charge in [0.05, 0.1) is 49.7 Å². The molecule has 0 aliphatic carbocycles. The number of carbonyl (C=O) groups is 5. The molecule has 0 saturated carbocycles. The molecular weight excluding hydrogens is 757 g/mol. The molecule has 12 heteroatoms. The van der Waals surface area contributed by atoms with Gasteiger partial charge in [-0.05, 0) is 142 Å². The van der Waals surface area contributed by atoms with E-state index in [-0.39, 0.29) is 18.3 Å². The number of rotatable bonds is 26. The van der Waals surface area contributed by atoms with Crippen LogP contribution in [0.1, 0.15) is 101 Å². The Kier molecular flexibility index (Phi) is 19.8. The molecule has 4 rings (SSSR count). The third kappa shape index (κ3) is 17.3. The van der Waals surface area contributed by atoms with Gasteiger partial charge < -0.3 is 33.2 Å². The van der Waals surface area contributed by atoms with Crippen molar-refractivity contribution in [1.82, 2.24) is 0 Å². The molecule has 0 amide bonds. The summed E-state index contributed by atoms with van der Waals surface area (Å²) in [5.41, 5.74) is 1.94. The highest BCUT2D eigenvalue weighted by atomic mass is 16.5. The zero-order valence-electron chi connectivity index (χ0n) is 33.5. The highest BCUT2D eigenvalue weighted by Gasteiger charge is 2.13. The number of esters is 5. The van der Waals surface area contributed by atoms with Crippen molar-refractivity contribution in [3.8, 4) is 23.0 Å². The summed E-state index contributed by atoms with van der Waals surface area (Å²) in [7, 11) is 0. The molecule has 0 aliphatic rings. The minimum Gasteiger partial charge on any atom is -0.494 e. The summed E-state index contributed by atoms with van der Waals surface area (Å²) in [5.74, 6) is -0.180. The molecule has 4 aromatic carbocycles. The van der Waals surface area contributed by atoms with E-state index in [4.69, 9.17) is 33.2 Å². The molecule has 0 aromatic heterocycles. The molecule has 0 N–H and O–H groups in total. The third-order valence-electron chi connectivity index (χ3n) is 8.82. The normalized spacial score (nSPS) is 10.5. The molecule has 4 aromatic rings. The summed E-state index contributed by atoms with van der Waals surface area (Å²) in [6.45, 7) is 7.18. The van der Waals surface area contributed by atoms with Crippen molar-refractivity contribution in [2.45, 2.75) is 71.1 Å². The van der Waals surface area contributed by atoms with Crippen molar-refractivity contribution >= 4 is 29.8 Å². The highest BCUT2D eigenvalue weighted by molar-refractivity contribution is 5.92. The average molecular weight is 809 g/mol. The summed E-state index contributed by atoms with van der Waals surface area (Å²) >= 11 is 0. The lowest BCUT2D eigenvalue weighted by Crippen LogP contribution is -2.10. The van der Waals surface area contributed by atoms with Gasteiger partial charge in [0, 0.05) is 18.9 Å². The van der Waals surface area contributed by atoms with E-state index in [0.717, 1.165) is 63.0 Å². The number of carbonyl (C=O) groups excluding carboxylic acids is 5. The van der Waals surface area contributed by atoms with Crippen molar-refractivity contribution in [2.75, 3.05) is 33.0 Å². The van der Waals surface area contributed by atoms with Crippen LogP contribution >= 0.6 is 0 Å². The van der Waals surface area contributed by atoms with E-state index in [1.54, 1.807) is 79.7 Å². The molecule has 0 bridgehead atoms.